The van der Waals surface area contributed by atoms with Crippen molar-refractivity contribution in [1.29, 1.82) is 0 Å². The number of hydrogen-bond donors (Lipinski definition) is 2. The van der Waals surface area contributed by atoms with E-state index in [1.165, 1.54) is 21.6 Å². The van der Waals surface area contributed by atoms with Crippen LogP contribution in [0.3, 0.4) is 0 Å². The minimum Gasteiger partial charge on any atom is -0.452 e. The molecule has 9 heteroatoms. The van der Waals surface area contributed by atoms with Gasteiger partial charge in [-0.3, -0.25) is 19.1 Å². The van der Waals surface area contributed by atoms with Crippen LogP contribution in [0.4, 0.5) is 11.5 Å². The van der Waals surface area contributed by atoms with Crippen LogP contribution >= 0.6 is 0 Å². The molecule has 0 aliphatic heterocycles. The number of aromatic amines is 1. The maximum atomic E-state index is 12.5. The van der Waals surface area contributed by atoms with E-state index in [1.807, 2.05) is 13.8 Å². The van der Waals surface area contributed by atoms with Gasteiger partial charge in [0.25, 0.3) is 11.5 Å². The Morgan fingerprint density at radius 3 is 2.54 bits per heavy atom. The molecule has 1 aromatic heterocycles. The Morgan fingerprint density at radius 2 is 1.96 bits per heavy atom. The molecule has 0 saturated heterocycles. The Kier molecular flexibility index (Phi) is 8.33. The smallest absolute Gasteiger partial charge is 0.330 e. The molecule has 0 atom stereocenters. The topological polar surface area (TPSA) is 127 Å². The molecule has 0 aliphatic carbocycles. The molecule has 0 fully saturated rings. The summed E-state index contributed by atoms with van der Waals surface area (Å²) < 4.78 is 6.09. The monoisotopic (exact) mass is 366 g/mol. The third kappa shape index (κ3) is 5.33. The first-order chi connectivity index (χ1) is 12.4. The number of nitrogens with two attached hydrogens (primary N) is 1. The van der Waals surface area contributed by atoms with Crippen LogP contribution in [0.5, 0.6) is 0 Å². The van der Waals surface area contributed by atoms with Gasteiger partial charge in [0, 0.05) is 19.2 Å². The number of anilines is 2. The fourth-order valence-corrected chi connectivity index (χ4v) is 2.36. The highest BCUT2D eigenvalue weighted by molar-refractivity contribution is 5.97. The van der Waals surface area contributed by atoms with Crippen molar-refractivity contribution < 1.29 is 14.3 Å². The SMILES string of the molecule is CC=CC(=O)OCC(=O)N(CCCC)c1c(N)n(CCC)c(=O)[nH]c1=O. The van der Waals surface area contributed by atoms with Crippen LogP contribution in [-0.4, -0.2) is 34.6 Å². The van der Waals surface area contributed by atoms with Crippen molar-refractivity contribution in [2.24, 2.45) is 0 Å². The fourth-order valence-electron chi connectivity index (χ4n) is 2.36. The minimum atomic E-state index is -0.746. The summed E-state index contributed by atoms with van der Waals surface area (Å²) in [6.07, 6.45) is 4.69. The predicted octanol–water partition coefficient (Wildman–Crippen LogP) is 0.781. The number of aromatic nitrogens is 2. The molecule has 3 N–H and O–H groups in total. The van der Waals surface area contributed by atoms with Crippen LogP contribution < -0.4 is 21.9 Å². The van der Waals surface area contributed by atoms with E-state index in [2.05, 4.69) is 4.98 Å². The quantitative estimate of drug-likeness (QED) is 0.491. The van der Waals surface area contributed by atoms with Crippen LogP contribution in [0.25, 0.3) is 0 Å². The van der Waals surface area contributed by atoms with Gasteiger partial charge in [-0.15, -0.1) is 0 Å². The molecule has 1 heterocycles. The van der Waals surface area contributed by atoms with Crippen LogP contribution in [0.15, 0.2) is 21.7 Å². The van der Waals surface area contributed by atoms with Gasteiger partial charge >= 0.3 is 11.7 Å². The second-order valence-electron chi connectivity index (χ2n) is 5.65. The number of carbonyl (C=O) groups is 2. The van der Waals surface area contributed by atoms with Gasteiger partial charge in [0.1, 0.15) is 5.82 Å². The highest BCUT2D eigenvalue weighted by Gasteiger charge is 2.24. The highest BCUT2D eigenvalue weighted by Crippen LogP contribution is 2.18. The van der Waals surface area contributed by atoms with Gasteiger partial charge in [-0.25, -0.2) is 9.59 Å². The number of hydrogen-bond acceptors (Lipinski definition) is 6. The summed E-state index contributed by atoms with van der Waals surface area (Å²) in [5.74, 6) is -1.32. The van der Waals surface area contributed by atoms with Gasteiger partial charge in [0.2, 0.25) is 0 Å². The zero-order valence-corrected chi connectivity index (χ0v) is 15.4. The van der Waals surface area contributed by atoms with E-state index in [0.717, 1.165) is 6.42 Å². The number of nitrogens with zero attached hydrogens (tertiary/aromatic N) is 2. The van der Waals surface area contributed by atoms with Gasteiger partial charge in [0.05, 0.1) is 0 Å². The number of nitrogen functional groups attached to an aromatic ring is 1. The second-order valence-corrected chi connectivity index (χ2v) is 5.65. The normalized spacial score (nSPS) is 10.9. The van der Waals surface area contributed by atoms with E-state index in [9.17, 15) is 19.2 Å². The van der Waals surface area contributed by atoms with Crippen molar-refractivity contribution >= 4 is 23.4 Å². The molecular weight excluding hydrogens is 340 g/mol. The lowest BCUT2D eigenvalue weighted by Gasteiger charge is -2.24. The van der Waals surface area contributed by atoms with Crippen molar-refractivity contribution in [3.63, 3.8) is 0 Å². The van der Waals surface area contributed by atoms with Crippen molar-refractivity contribution in [2.45, 2.75) is 46.6 Å². The first-order valence-electron chi connectivity index (χ1n) is 8.59. The lowest BCUT2D eigenvalue weighted by atomic mass is 10.2. The third-order valence-electron chi connectivity index (χ3n) is 3.61. The molecule has 9 nitrogen and oxygen atoms in total. The summed E-state index contributed by atoms with van der Waals surface area (Å²) in [5.41, 5.74) is 4.55. The maximum absolute atomic E-state index is 12.5. The molecule has 0 saturated carbocycles. The Hall–Kier alpha value is -2.84. The van der Waals surface area contributed by atoms with Crippen LogP contribution in [0.2, 0.25) is 0 Å². The largest absolute Gasteiger partial charge is 0.452 e. The molecular formula is C17H26N4O5. The average molecular weight is 366 g/mol. The number of unbranched alkanes of at least 4 members (excludes halogenated alkanes) is 1. The van der Waals surface area contributed by atoms with Gasteiger partial charge in [-0.1, -0.05) is 26.3 Å². The van der Waals surface area contributed by atoms with Crippen molar-refractivity contribution in [1.82, 2.24) is 9.55 Å². The third-order valence-corrected chi connectivity index (χ3v) is 3.61. The molecule has 1 rings (SSSR count). The Labute approximate surface area is 151 Å². The number of allylic oxidation sites excluding steroid dienone is 1. The molecule has 0 unspecified atom stereocenters. The van der Waals surface area contributed by atoms with Crippen LogP contribution in [0.1, 0.15) is 40.0 Å². The summed E-state index contributed by atoms with van der Waals surface area (Å²) in [4.78, 5) is 51.6. The van der Waals surface area contributed by atoms with E-state index in [4.69, 9.17) is 10.5 Å². The number of nitrogens with one attached hydrogen (secondary N) is 1. The number of esters is 1. The van der Waals surface area contributed by atoms with Gasteiger partial charge in [0.15, 0.2) is 12.3 Å². The molecule has 0 bridgehead atoms. The minimum absolute atomic E-state index is 0.0789. The molecule has 1 aromatic rings. The number of amides is 1. The van der Waals surface area contributed by atoms with E-state index < -0.39 is 29.7 Å². The summed E-state index contributed by atoms with van der Waals surface area (Å²) >= 11 is 0. The Bertz CT molecular complexity index is 778. The van der Waals surface area contributed by atoms with Gasteiger partial charge in [-0.2, -0.15) is 0 Å². The molecule has 26 heavy (non-hydrogen) atoms. The molecule has 0 spiro atoms. The Morgan fingerprint density at radius 1 is 1.27 bits per heavy atom. The highest BCUT2D eigenvalue weighted by atomic mass is 16.5. The molecule has 0 aromatic carbocycles. The van der Waals surface area contributed by atoms with Gasteiger partial charge < -0.3 is 15.4 Å². The average Bonchev–Trinajstić information content (AvgIpc) is 2.59. The van der Waals surface area contributed by atoms with E-state index >= 15 is 0 Å². The first-order valence-corrected chi connectivity index (χ1v) is 8.59. The second kappa shape index (κ2) is 10.2. The molecule has 144 valence electrons. The van der Waals surface area contributed by atoms with Crippen molar-refractivity contribution in [3.8, 4) is 0 Å². The van der Waals surface area contributed by atoms with E-state index in [-0.39, 0.29) is 18.1 Å². The summed E-state index contributed by atoms with van der Waals surface area (Å²) in [7, 11) is 0. The zero-order chi connectivity index (χ0) is 19.7. The first kappa shape index (κ1) is 21.2. The fraction of sp³-hybridized carbons (Fsp3) is 0.529. The summed E-state index contributed by atoms with van der Waals surface area (Å²) in [6, 6.07) is 0. The zero-order valence-electron chi connectivity index (χ0n) is 15.4. The standard InChI is InChI=1S/C17H26N4O5/c1-4-7-10-20(12(22)11-26-13(23)8-5-2)14-15(18)21(9-6-3)17(25)19-16(14)24/h5,8H,4,6-7,9-11,18H2,1-3H3,(H,19,24,25). The molecule has 1 amide bonds. The van der Waals surface area contributed by atoms with E-state index in [0.29, 0.717) is 19.4 Å². The molecule has 0 radical (unpaired) electrons. The van der Waals surface area contributed by atoms with Gasteiger partial charge in [-0.05, 0) is 19.8 Å². The van der Waals surface area contributed by atoms with Crippen molar-refractivity contribution in [2.75, 3.05) is 23.8 Å². The number of carbonyl (C=O) groups excluding carboxylic acids is 2. The lowest BCUT2D eigenvalue weighted by molar-refractivity contribution is -0.143. The summed E-state index contributed by atoms with van der Waals surface area (Å²) in [6.45, 7) is 5.43. The van der Waals surface area contributed by atoms with Crippen molar-refractivity contribution in [3.05, 3.63) is 33.0 Å². The van der Waals surface area contributed by atoms with Crippen LogP contribution in [0, 0.1) is 0 Å². The predicted molar refractivity (Wildman–Crippen MR) is 99.1 cm³/mol. The summed E-state index contributed by atoms with van der Waals surface area (Å²) in [5, 5.41) is 0. The van der Waals surface area contributed by atoms with E-state index in [1.54, 1.807) is 6.92 Å². The maximum Gasteiger partial charge on any atom is 0.330 e. The number of ether oxygens (including phenoxy) is 1. The number of H-pyrrole nitrogens is 1. The Balaban J connectivity index is 3.26. The van der Waals surface area contributed by atoms with Crippen LogP contribution in [-0.2, 0) is 20.9 Å². The lowest BCUT2D eigenvalue weighted by Crippen LogP contribution is -2.43. The number of rotatable bonds is 9. The molecule has 0 aliphatic rings.